The van der Waals surface area contributed by atoms with E-state index < -0.39 is 5.91 Å². The number of ether oxygens (including phenoxy) is 2. The summed E-state index contributed by atoms with van der Waals surface area (Å²) in [4.78, 5) is 14.3. The predicted molar refractivity (Wildman–Crippen MR) is 134 cm³/mol. The van der Waals surface area contributed by atoms with Crippen LogP contribution in [0.3, 0.4) is 0 Å². The Labute approximate surface area is 206 Å². The van der Waals surface area contributed by atoms with Crippen LogP contribution in [-0.4, -0.2) is 56.0 Å². The molecule has 8 heteroatoms. The maximum Gasteiger partial charge on any atom is 0.250 e. The van der Waals surface area contributed by atoms with Gasteiger partial charge in [-0.1, -0.05) is 17.7 Å². The van der Waals surface area contributed by atoms with Gasteiger partial charge in [0.15, 0.2) is 11.5 Å². The summed E-state index contributed by atoms with van der Waals surface area (Å²) in [5, 5.41) is 13.3. The summed E-state index contributed by atoms with van der Waals surface area (Å²) in [6.45, 7) is 5.01. The Morgan fingerprint density at radius 1 is 1.29 bits per heavy atom. The summed E-state index contributed by atoms with van der Waals surface area (Å²) >= 11 is 6.11. The smallest absolute Gasteiger partial charge is 0.250 e. The molecule has 1 aliphatic heterocycles. The Morgan fingerprint density at radius 2 is 2.12 bits per heavy atom. The zero-order valence-electron chi connectivity index (χ0n) is 19.7. The van der Waals surface area contributed by atoms with Gasteiger partial charge >= 0.3 is 0 Å². The van der Waals surface area contributed by atoms with Crippen LogP contribution in [0.4, 0.5) is 5.69 Å². The zero-order chi connectivity index (χ0) is 24.1. The first-order chi connectivity index (χ1) is 16.4. The number of primary amides is 1. The molecule has 0 spiro atoms. The van der Waals surface area contributed by atoms with Gasteiger partial charge in [-0.15, -0.1) is 0 Å². The summed E-state index contributed by atoms with van der Waals surface area (Å²) in [6.07, 6.45) is 4.76. The number of carbonyl (C=O) groups excluding carboxylic acids is 1. The maximum atomic E-state index is 12.2. The summed E-state index contributed by atoms with van der Waals surface area (Å²) in [7, 11) is 0. The van der Waals surface area contributed by atoms with E-state index in [9.17, 15) is 4.79 Å². The summed E-state index contributed by atoms with van der Waals surface area (Å²) < 4.78 is 11.9. The molecular formula is C26H34ClN3O4. The topological polar surface area (TPSA) is 97.1 Å². The number of nitrogens with zero attached hydrogens (tertiary/aromatic N) is 1. The van der Waals surface area contributed by atoms with Crippen molar-refractivity contribution in [2.45, 2.75) is 51.2 Å². The monoisotopic (exact) mass is 487 g/mol. The number of amides is 1. The third-order valence-electron chi connectivity index (χ3n) is 6.19. The standard InChI is InChI=1S/C26H34ClN3O4/c1-17(29-8-12-33-23-6-3-20(27)16-24(23)34-21-4-5-21)13-18-14-19-7-10-30(9-2-11-31)25(19)22(15-18)26(28)32/h3,6,14-17,21,29,31H,2,4-5,7-13H2,1H3,(H2,28,32)/t17-/m1/s1. The minimum absolute atomic E-state index is 0.135. The number of aliphatic hydroxyl groups excluding tert-OH is 1. The Balaban J connectivity index is 1.31. The maximum absolute atomic E-state index is 12.2. The lowest BCUT2D eigenvalue weighted by atomic mass is 9.98. The van der Waals surface area contributed by atoms with Gasteiger partial charge in [-0.3, -0.25) is 4.79 Å². The quantitative estimate of drug-likeness (QED) is 0.375. The van der Waals surface area contributed by atoms with E-state index in [1.165, 1.54) is 0 Å². The van der Waals surface area contributed by atoms with E-state index in [1.54, 1.807) is 6.07 Å². The van der Waals surface area contributed by atoms with E-state index >= 15 is 0 Å². The van der Waals surface area contributed by atoms with E-state index in [0.717, 1.165) is 55.6 Å². The molecule has 0 unspecified atom stereocenters. The van der Waals surface area contributed by atoms with Gasteiger partial charge in [0.25, 0.3) is 5.91 Å². The highest BCUT2D eigenvalue weighted by Gasteiger charge is 2.26. The molecule has 2 aromatic rings. The number of hydrogen-bond acceptors (Lipinski definition) is 6. The molecule has 184 valence electrons. The second-order valence-corrected chi connectivity index (χ2v) is 9.58. The molecule has 1 saturated carbocycles. The zero-order valence-corrected chi connectivity index (χ0v) is 20.4. The first-order valence-electron chi connectivity index (χ1n) is 12.1. The Bertz CT molecular complexity index is 1010. The third-order valence-corrected chi connectivity index (χ3v) is 6.42. The fourth-order valence-corrected chi connectivity index (χ4v) is 4.60. The van der Waals surface area contributed by atoms with Crippen LogP contribution in [0.15, 0.2) is 30.3 Å². The number of fused-ring (bicyclic) bond motifs is 1. The first kappa shape index (κ1) is 24.6. The molecule has 2 aromatic carbocycles. The van der Waals surface area contributed by atoms with E-state index in [1.807, 2.05) is 18.2 Å². The van der Waals surface area contributed by atoms with Crippen molar-refractivity contribution in [1.82, 2.24) is 5.32 Å². The fraction of sp³-hybridized carbons (Fsp3) is 0.500. The number of nitrogens with two attached hydrogens (primary N) is 1. The van der Waals surface area contributed by atoms with Crippen molar-refractivity contribution in [3.05, 3.63) is 52.0 Å². The van der Waals surface area contributed by atoms with Gasteiger partial charge in [-0.25, -0.2) is 0 Å². The minimum atomic E-state index is -0.407. The minimum Gasteiger partial charge on any atom is -0.488 e. The number of hydrogen-bond donors (Lipinski definition) is 3. The highest BCUT2D eigenvalue weighted by molar-refractivity contribution is 6.30. The van der Waals surface area contributed by atoms with Gasteiger partial charge in [0.05, 0.1) is 17.4 Å². The van der Waals surface area contributed by atoms with Crippen molar-refractivity contribution >= 4 is 23.2 Å². The number of nitrogens with one attached hydrogen (secondary N) is 1. The molecule has 4 N–H and O–H groups in total. The second-order valence-electron chi connectivity index (χ2n) is 9.15. The highest BCUT2D eigenvalue weighted by atomic mass is 35.5. The number of carbonyl (C=O) groups is 1. The van der Waals surface area contributed by atoms with Crippen molar-refractivity contribution in [3.63, 3.8) is 0 Å². The van der Waals surface area contributed by atoms with Crippen molar-refractivity contribution in [2.75, 3.05) is 37.7 Å². The summed E-state index contributed by atoms with van der Waals surface area (Å²) in [5.74, 6) is 1.00. The molecule has 0 saturated heterocycles. The van der Waals surface area contributed by atoms with Crippen LogP contribution >= 0.6 is 11.6 Å². The summed E-state index contributed by atoms with van der Waals surface area (Å²) in [5.41, 5.74) is 9.48. The SMILES string of the molecule is C[C@H](Cc1cc2c(c(C(N)=O)c1)N(CCCO)CC2)NCCOc1ccc(Cl)cc1OC1CC1. The van der Waals surface area contributed by atoms with Gasteiger partial charge in [-0.05, 0) is 68.4 Å². The molecule has 0 bridgehead atoms. The normalized spacial score (nSPS) is 15.8. The van der Waals surface area contributed by atoms with Crippen molar-refractivity contribution in [1.29, 1.82) is 0 Å². The van der Waals surface area contributed by atoms with Crippen LogP contribution in [-0.2, 0) is 12.8 Å². The van der Waals surface area contributed by atoms with E-state index in [4.69, 9.17) is 31.9 Å². The van der Waals surface area contributed by atoms with Crippen LogP contribution in [0.1, 0.15) is 47.7 Å². The number of anilines is 1. The molecule has 7 nitrogen and oxygen atoms in total. The van der Waals surface area contributed by atoms with E-state index in [0.29, 0.717) is 41.7 Å². The van der Waals surface area contributed by atoms with Crippen LogP contribution in [0.5, 0.6) is 11.5 Å². The molecule has 2 aliphatic rings. The van der Waals surface area contributed by atoms with E-state index in [2.05, 4.69) is 23.2 Å². The van der Waals surface area contributed by atoms with Crippen molar-refractivity contribution < 1.29 is 19.4 Å². The molecule has 1 aliphatic carbocycles. The molecule has 1 fully saturated rings. The van der Waals surface area contributed by atoms with E-state index in [-0.39, 0.29) is 18.8 Å². The Morgan fingerprint density at radius 3 is 2.85 bits per heavy atom. The lowest BCUT2D eigenvalue weighted by Gasteiger charge is -2.22. The van der Waals surface area contributed by atoms with Crippen molar-refractivity contribution in [2.24, 2.45) is 5.73 Å². The lowest BCUT2D eigenvalue weighted by Crippen LogP contribution is -2.32. The predicted octanol–water partition coefficient (Wildman–Crippen LogP) is 3.32. The fourth-order valence-electron chi connectivity index (χ4n) is 4.43. The molecule has 1 atom stereocenters. The molecule has 1 heterocycles. The van der Waals surface area contributed by atoms with Gasteiger partial charge in [0.2, 0.25) is 0 Å². The lowest BCUT2D eigenvalue weighted by molar-refractivity contribution is 0.100. The molecule has 0 aromatic heterocycles. The Hall–Kier alpha value is -2.48. The van der Waals surface area contributed by atoms with Crippen LogP contribution in [0, 0.1) is 0 Å². The molecular weight excluding hydrogens is 454 g/mol. The Kier molecular flexibility index (Phi) is 8.19. The highest BCUT2D eigenvalue weighted by Crippen LogP contribution is 2.36. The largest absolute Gasteiger partial charge is 0.488 e. The molecule has 4 rings (SSSR count). The van der Waals surface area contributed by atoms with Crippen LogP contribution in [0.25, 0.3) is 0 Å². The van der Waals surface area contributed by atoms with Crippen LogP contribution < -0.4 is 25.4 Å². The molecule has 1 amide bonds. The summed E-state index contributed by atoms with van der Waals surface area (Å²) in [6, 6.07) is 9.76. The van der Waals surface area contributed by atoms with Gasteiger partial charge < -0.3 is 30.5 Å². The molecule has 0 radical (unpaired) electrons. The number of halogens is 1. The number of aliphatic hydroxyl groups is 1. The van der Waals surface area contributed by atoms with Gasteiger partial charge in [0.1, 0.15) is 6.61 Å². The average molecular weight is 488 g/mol. The van der Waals surface area contributed by atoms with Crippen LogP contribution in [0.2, 0.25) is 5.02 Å². The third kappa shape index (κ3) is 6.34. The second kappa shape index (κ2) is 11.3. The van der Waals surface area contributed by atoms with Gasteiger partial charge in [-0.2, -0.15) is 0 Å². The van der Waals surface area contributed by atoms with Crippen molar-refractivity contribution in [3.8, 4) is 11.5 Å². The number of benzene rings is 2. The van der Waals surface area contributed by atoms with Gasteiger partial charge in [0, 0.05) is 43.4 Å². The molecule has 34 heavy (non-hydrogen) atoms. The number of rotatable bonds is 13. The first-order valence-corrected chi connectivity index (χ1v) is 12.5. The average Bonchev–Trinajstić information content (AvgIpc) is 3.53.